The van der Waals surface area contributed by atoms with Crippen molar-refractivity contribution in [3.05, 3.63) is 70.1 Å². The zero-order valence-corrected chi connectivity index (χ0v) is 21.1. The maximum absolute atomic E-state index is 13.6. The lowest BCUT2D eigenvalue weighted by atomic mass is 10.1. The minimum Gasteiger partial charge on any atom is -0.422 e. The van der Waals surface area contributed by atoms with Gasteiger partial charge in [0.15, 0.2) is 5.13 Å². The third-order valence-corrected chi connectivity index (χ3v) is 7.06. The van der Waals surface area contributed by atoms with Gasteiger partial charge in [0.1, 0.15) is 11.1 Å². The number of nitrogens with zero attached hydrogens (tertiary/aromatic N) is 3. The Morgan fingerprint density at radius 1 is 1.11 bits per heavy atom. The largest absolute Gasteiger partial charge is 0.422 e. The van der Waals surface area contributed by atoms with E-state index in [1.807, 2.05) is 0 Å². The van der Waals surface area contributed by atoms with Gasteiger partial charge in [-0.15, -0.1) is 12.4 Å². The second-order valence-corrected chi connectivity index (χ2v) is 9.41. The molecule has 12 heteroatoms. The third kappa shape index (κ3) is 5.80. The number of fused-ring (bicyclic) bond motifs is 2. The van der Waals surface area contributed by atoms with Crippen molar-refractivity contribution in [1.29, 1.82) is 0 Å². The van der Waals surface area contributed by atoms with E-state index in [1.165, 1.54) is 23.1 Å². The Labute approximate surface area is 219 Å². The summed E-state index contributed by atoms with van der Waals surface area (Å²) in [6, 6.07) is 12.1. The molecule has 1 amide bonds. The van der Waals surface area contributed by atoms with E-state index >= 15 is 0 Å². The van der Waals surface area contributed by atoms with Gasteiger partial charge in [-0.3, -0.25) is 14.6 Å². The van der Waals surface area contributed by atoms with Crippen molar-refractivity contribution < 1.29 is 27.1 Å². The molecule has 0 saturated carbocycles. The number of para-hydroxylation sites is 2. The Kier molecular flexibility index (Phi) is 8.17. The summed E-state index contributed by atoms with van der Waals surface area (Å²) >= 11 is 0.982. The number of hydrogen-bond donors (Lipinski definition) is 0. The molecule has 1 aliphatic rings. The van der Waals surface area contributed by atoms with Crippen LogP contribution < -0.4 is 10.5 Å². The van der Waals surface area contributed by atoms with Crippen molar-refractivity contribution >= 4 is 56.0 Å². The van der Waals surface area contributed by atoms with Crippen LogP contribution in [0.2, 0.25) is 0 Å². The molecule has 0 spiro atoms. The van der Waals surface area contributed by atoms with Gasteiger partial charge in [-0.05, 0) is 30.7 Å². The Morgan fingerprint density at radius 2 is 1.86 bits per heavy atom. The van der Waals surface area contributed by atoms with E-state index in [9.17, 15) is 22.8 Å². The van der Waals surface area contributed by atoms with Crippen LogP contribution >= 0.6 is 23.7 Å². The van der Waals surface area contributed by atoms with Gasteiger partial charge in [-0.25, -0.2) is 9.78 Å². The van der Waals surface area contributed by atoms with Crippen LogP contribution in [0.15, 0.2) is 57.7 Å². The number of benzene rings is 2. The molecule has 196 valence electrons. The molecule has 7 nitrogen and oxygen atoms in total. The van der Waals surface area contributed by atoms with Crippen molar-refractivity contribution in [1.82, 2.24) is 9.88 Å². The number of carbonyl (C=O) groups is 1. The van der Waals surface area contributed by atoms with Gasteiger partial charge in [0.25, 0.3) is 5.91 Å². The van der Waals surface area contributed by atoms with Crippen LogP contribution in [0.5, 0.6) is 0 Å². The Balaban J connectivity index is 0.00000320. The highest BCUT2D eigenvalue weighted by Crippen LogP contribution is 2.38. The summed E-state index contributed by atoms with van der Waals surface area (Å²) in [6.45, 7) is 3.61. The maximum Gasteiger partial charge on any atom is 0.418 e. The minimum atomic E-state index is -4.59. The van der Waals surface area contributed by atoms with E-state index < -0.39 is 23.3 Å². The summed E-state index contributed by atoms with van der Waals surface area (Å²) < 4.78 is 51.7. The summed E-state index contributed by atoms with van der Waals surface area (Å²) in [7, 11) is 0. The highest BCUT2D eigenvalue weighted by atomic mass is 35.5. The standard InChI is InChI=1S/C25H22F3N3O4S.ClH/c26-25(27,28)18-6-3-8-20-21(18)29-24(36-20)31(10-4-9-30-11-13-34-14-12-30)22(32)17-15-16-5-1-2-7-19(16)35-23(17)33;/h1-3,5-8,15H,4,9-14H2;1H. The zero-order valence-electron chi connectivity index (χ0n) is 19.5. The lowest BCUT2D eigenvalue weighted by Gasteiger charge is -2.27. The van der Waals surface area contributed by atoms with E-state index in [0.717, 1.165) is 30.5 Å². The summed E-state index contributed by atoms with van der Waals surface area (Å²) in [5.74, 6) is -0.663. The first-order chi connectivity index (χ1) is 17.3. The first-order valence-electron chi connectivity index (χ1n) is 11.4. The number of morpholine rings is 1. The molecule has 2 aromatic heterocycles. The number of alkyl halides is 3. The number of aromatic nitrogens is 1. The molecule has 4 aromatic rings. The minimum absolute atomic E-state index is 0. The second kappa shape index (κ2) is 11.2. The van der Waals surface area contributed by atoms with Gasteiger partial charge < -0.3 is 9.15 Å². The zero-order chi connectivity index (χ0) is 25.3. The number of anilines is 1. The molecule has 1 fully saturated rings. The average molecular weight is 554 g/mol. The van der Waals surface area contributed by atoms with Gasteiger partial charge in [0, 0.05) is 31.6 Å². The fourth-order valence-corrected chi connectivity index (χ4v) is 5.22. The number of ether oxygens (including phenoxy) is 1. The SMILES string of the molecule is Cl.O=C(c1cc2ccccc2oc1=O)N(CCCN1CCOCC1)c1nc2c(C(F)(F)F)cccc2s1. The molecule has 37 heavy (non-hydrogen) atoms. The molecule has 0 N–H and O–H groups in total. The van der Waals surface area contributed by atoms with Crippen LogP contribution in [0.4, 0.5) is 18.3 Å². The topological polar surface area (TPSA) is 75.9 Å². The number of amides is 1. The normalized spacial score (nSPS) is 14.6. The third-order valence-electron chi connectivity index (χ3n) is 6.02. The van der Waals surface area contributed by atoms with Gasteiger partial charge >= 0.3 is 11.8 Å². The molecule has 0 unspecified atom stereocenters. The fourth-order valence-electron chi connectivity index (χ4n) is 4.20. The molecule has 0 radical (unpaired) electrons. The number of rotatable bonds is 6. The molecule has 1 saturated heterocycles. The van der Waals surface area contributed by atoms with Crippen LogP contribution in [0.1, 0.15) is 22.3 Å². The Bertz CT molecular complexity index is 1470. The lowest BCUT2D eigenvalue weighted by molar-refractivity contribution is -0.136. The van der Waals surface area contributed by atoms with Crippen molar-refractivity contribution in [2.24, 2.45) is 0 Å². The van der Waals surface area contributed by atoms with Gasteiger partial charge in [0.2, 0.25) is 0 Å². The highest BCUT2D eigenvalue weighted by molar-refractivity contribution is 7.22. The summed E-state index contributed by atoms with van der Waals surface area (Å²) in [4.78, 5) is 34.0. The van der Waals surface area contributed by atoms with Gasteiger partial charge in [-0.1, -0.05) is 35.6 Å². The van der Waals surface area contributed by atoms with Crippen molar-refractivity contribution in [2.75, 3.05) is 44.3 Å². The van der Waals surface area contributed by atoms with Crippen LogP contribution in [-0.2, 0) is 10.9 Å². The maximum atomic E-state index is 13.6. The Morgan fingerprint density at radius 3 is 2.62 bits per heavy atom. The van der Waals surface area contributed by atoms with Crippen molar-refractivity contribution in [3.63, 3.8) is 0 Å². The number of halogens is 4. The van der Waals surface area contributed by atoms with Crippen molar-refractivity contribution in [3.8, 4) is 0 Å². The summed E-state index contributed by atoms with van der Waals surface area (Å²) in [5, 5.41) is 0.665. The molecule has 2 aromatic carbocycles. The average Bonchev–Trinajstić information content (AvgIpc) is 3.30. The molecule has 5 rings (SSSR count). The van der Waals surface area contributed by atoms with Crippen molar-refractivity contribution in [2.45, 2.75) is 12.6 Å². The number of thiazole rings is 1. The van der Waals surface area contributed by atoms with E-state index in [0.29, 0.717) is 41.8 Å². The molecule has 3 heterocycles. The highest BCUT2D eigenvalue weighted by Gasteiger charge is 2.34. The molecule has 0 bridgehead atoms. The van der Waals surface area contributed by atoms with Gasteiger partial charge in [-0.2, -0.15) is 13.2 Å². The predicted octanol–water partition coefficient (Wildman–Crippen LogP) is 5.21. The summed E-state index contributed by atoms with van der Waals surface area (Å²) in [6.07, 6.45) is -4.05. The first-order valence-corrected chi connectivity index (χ1v) is 12.2. The first kappa shape index (κ1) is 27.1. The predicted molar refractivity (Wildman–Crippen MR) is 138 cm³/mol. The monoisotopic (exact) mass is 553 g/mol. The van der Waals surface area contributed by atoms with Crippen LogP contribution in [0, 0.1) is 0 Å². The molecular weight excluding hydrogens is 531 g/mol. The van der Waals surface area contributed by atoms with Crippen LogP contribution in [0.3, 0.4) is 0 Å². The van der Waals surface area contributed by atoms with Crippen LogP contribution in [0.25, 0.3) is 21.2 Å². The number of carbonyl (C=O) groups excluding carboxylic acids is 1. The second-order valence-electron chi connectivity index (χ2n) is 8.40. The van der Waals surface area contributed by atoms with E-state index in [1.54, 1.807) is 24.3 Å². The number of hydrogen-bond acceptors (Lipinski definition) is 7. The lowest BCUT2D eigenvalue weighted by Crippen LogP contribution is -2.40. The fraction of sp³-hybridized carbons (Fsp3) is 0.320. The van der Waals surface area contributed by atoms with E-state index in [-0.39, 0.29) is 35.2 Å². The smallest absolute Gasteiger partial charge is 0.418 e. The van der Waals surface area contributed by atoms with E-state index in [2.05, 4.69) is 9.88 Å². The van der Waals surface area contributed by atoms with Crippen LogP contribution in [-0.4, -0.2) is 55.2 Å². The molecule has 0 aliphatic carbocycles. The summed E-state index contributed by atoms with van der Waals surface area (Å²) in [5.41, 5.74) is -1.76. The Hall–Kier alpha value is -2.99. The van der Waals surface area contributed by atoms with E-state index in [4.69, 9.17) is 9.15 Å². The van der Waals surface area contributed by atoms with Gasteiger partial charge in [0.05, 0.1) is 29.0 Å². The molecule has 0 atom stereocenters. The quantitative estimate of drug-likeness (QED) is 0.305. The molecule has 1 aliphatic heterocycles. The molecular formula is C25H23ClF3N3O4S.